The van der Waals surface area contributed by atoms with Gasteiger partial charge in [0.25, 0.3) is 0 Å². The van der Waals surface area contributed by atoms with Crippen molar-refractivity contribution in [1.29, 1.82) is 0 Å². The molecule has 0 bridgehead atoms. The molecule has 1 aliphatic rings. The molecule has 12 heavy (non-hydrogen) atoms. The van der Waals surface area contributed by atoms with E-state index in [1.54, 1.807) is 0 Å². The van der Waals surface area contributed by atoms with E-state index in [-0.39, 0.29) is 24.3 Å². The van der Waals surface area contributed by atoms with Gasteiger partial charge >= 0.3 is 0 Å². The molecule has 0 radical (unpaired) electrons. The van der Waals surface area contributed by atoms with Crippen molar-refractivity contribution in [1.82, 2.24) is 0 Å². The van der Waals surface area contributed by atoms with Crippen LogP contribution in [-0.4, -0.2) is 23.5 Å². The van der Waals surface area contributed by atoms with Crippen LogP contribution in [0.5, 0.6) is 0 Å². The number of hydrogen-bond acceptors (Lipinski definition) is 3. The van der Waals surface area contributed by atoms with Crippen molar-refractivity contribution in [2.45, 2.75) is 25.4 Å². The lowest BCUT2D eigenvalue weighted by Gasteiger charge is -2.00. The summed E-state index contributed by atoms with van der Waals surface area (Å²) in [6.07, 6.45) is 2.02. The van der Waals surface area contributed by atoms with Crippen molar-refractivity contribution in [3.63, 3.8) is 0 Å². The largest absolute Gasteiger partial charge is 0.393 e. The number of carbonyl (C=O) groups excluding carboxylic acids is 2. The molecule has 0 spiro atoms. The van der Waals surface area contributed by atoms with Crippen LogP contribution in [-0.2, 0) is 9.59 Å². The van der Waals surface area contributed by atoms with Crippen LogP contribution in [0.15, 0.2) is 0 Å². The van der Waals surface area contributed by atoms with Gasteiger partial charge in [-0.3, -0.25) is 9.59 Å². The van der Waals surface area contributed by atoms with Crippen LogP contribution >= 0.6 is 0 Å². The molecule has 70 valence electrons. The van der Waals surface area contributed by atoms with Gasteiger partial charge in [-0.25, -0.2) is 0 Å². The quantitative estimate of drug-likeness (QED) is 0.431. The maximum Gasteiger partial charge on any atom is 0.220 e. The molecule has 0 aromatic carbocycles. The van der Waals surface area contributed by atoms with E-state index in [0.717, 1.165) is 12.8 Å². The van der Waals surface area contributed by atoms with E-state index in [1.807, 2.05) is 0 Å². The second-order valence-electron chi connectivity index (χ2n) is 2.70. The number of nitrogens with two attached hydrogens (primary N) is 2. The second-order valence-corrected chi connectivity index (χ2v) is 2.70. The van der Waals surface area contributed by atoms with Crippen molar-refractivity contribution in [3.05, 3.63) is 0 Å². The minimum atomic E-state index is -0.289. The van der Waals surface area contributed by atoms with Gasteiger partial charge in [-0.05, 0) is 19.3 Å². The van der Waals surface area contributed by atoms with E-state index < -0.39 is 0 Å². The molecule has 1 saturated carbocycles. The van der Waals surface area contributed by atoms with Crippen molar-refractivity contribution in [3.8, 4) is 0 Å². The Kier molecular flexibility index (Phi) is 5.03. The van der Waals surface area contributed by atoms with Gasteiger partial charge in [-0.15, -0.1) is 0 Å². The molecular formula is C7H14N2O3. The molecule has 5 nitrogen and oxygen atoms in total. The topological polar surface area (TPSA) is 106 Å². The van der Waals surface area contributed by atoms with E-state index in [4.69, 9.17) is 15.6 Å². The number of primary amides is 2. The zero-order valence-corrected chi connectivity index (χ0v) is 6.77. The monoisotopic (exact) mass is 174 g/mol. The van der Waals surface area contributed by atoms with Gasteiger partial charge in [0.05, 0.1) is 6.10 Å². The van der Waals surface area contributed by atoms with E-state index in [2.05, 4.69) is 5.73 Å². The van der Waals surface area contributed by atoms with Crippen molar-refractivity contribution >= 4 is 12.3 Å². The maximum absolute atomic E-state index is 10.5. The number of rotatable bonds is 1. The Bertz CT molecular complexity index is 161. The van der Waals surface area contributed by atoms with Crippen molar-refractivity contribution in [2.24, 2.45) is 17.4 Å². The first-order valence-electron chi connectivity index (χ1n) is 3.74. The van der Waals surface area contributed by atoms with Crippen LogP contribution in [0.25, 0.3) is 0 Å². The maximum atomic E-state index is 10.5. The lowest BCUT2D eigenvalue weighted by atomic mass is 10.1. The van der Waals surface area contributed by atoms with Crippen LogP contribution in [0.3, 0.4) is 0 Å². The Morgan fingerprint density at radius 2 is 2.00 bits per heavy atom. The zero-order chi connectivity index (χ0) is 9.56. The number of carbonyl (C=O) groups is 2. The summed E-state index contributed by atoms with van der Waals surface area (Å²) in [6.45, 7) is 0. The lowest BCUT2D eigenvalue weighted by Crippen LogP contribution is -2.21. The molecule has 0 aromatic rings. The number of aliphatic hydroxyl groups is 1. The van der Waals surface area contributed by atoms with Gasteiger partial charge < -0.3 is 16.6 Å². The molecule has 1 aliphatic carbocycles. The highest BCUT2D eigenvalue weighted by Gasteiger charge is 2.26. The minimum absolute atomic E-state index is 0.0694. The summed E-state index contributed by atoms with van der Waals surface area (Å²) in [6, 6.07) is 0. The fourth-order valence-corrected chi connectivity index (χ4v) is 1.22. The van der Waals surface area contributed by atoms with Crippen LogP contribution in [0.4, 0.5) is 0 Å². The summed E-state index contributed by atoms with van der Waals surface area (Å²) < 4.78 is 0. The normalized spacial score (nSPS) is 27.1. The second kappa shape index (κ2) is 5.54. The van der Waals surface area contributed by atoms with Crippen LogP contribution < -0.4 is 11.5 Å². The van der Waals surface area contributed by atoms with E-state index in [1.165, 1.54) is 0 Å². The number of aliphatic hydroxyl groups excluding tert-OH is 1. The van der Waals surface area contributed by atoms with E-state index in [0.29, 0.717) is 6.42 Å². The van der Waals surface area contributed by atoms with E-state index in [9.17, 15) is 4.79 Å². The fraction of sp³-hybridized carbons (Fsp3) is 0.714. The molecule has 2 amide bonds. The first kappa shape index (κ1) is 10.9. The molecule has 1 rings (SSSR count). The van der Waals surface area contributed by atoms with Crippen molar-refractivity contribution in [2.75, 3.05) is 0 Å². The molecule has 5 heteroatoms. The van der Waals surface area contributed by atoms with Gasteiger partial charge in [0.1, 0.15) is 0 Å². The first-order valence-corrected chi connectivity index (χ1v) is 3.74. The summed E-state index contributed by atoms with van der Waals surface area (Å²) in [5.41, 5.74) is 9.18. The predicted molar refractivity (Wildman–Crippen MR) is 42.8 cm³/mol. The van der Waals surface area contributed by atoms with Gasteiger partial charge in [0.2, 0.25) is 12.3 Å². The summed E-state index contributed by atoms with van der Waals surface area (Å²) in [7, 11) is 0. The van der Waals surface area contributed by atoms with Crippen LogP contribution in [0.1, 0.15) is 19.3 Å². The molecule has 2 unspecified atom stereocenters. The van der Waals surface area contributed by atoms with Gasteiger partial charge in [0.15, 0.2) is 0 Å². The highest BCUT2D eigenvalue weighted by Crippen LogP contribution is 2.24. The standard InChI is InChI=1S/C6H11NO2.CH3NO/c7-6(9)4-1-2-5(8)3-4;2-1-3/h4-5,8H,1-3H2,(H2,7,9);1H,(H2,2,3). The third-order valence-electron chi connectivity index (χ3n) is 1.81. The highest BCUT2D eigenvalue weighted by molar-refractivity contribution is 5.76. The molecule has 1 fully saturated rings. The summed E-state index contributed by atoms with van der Waals surface area (Å²) in [5, 5.41) is 8.94. The Morgan fingerprint density at radius 1 is 1.50 bits per heavy atom. The average Bonchev–Trinajstić information content (AvgIpc) is 2.37. The summed E-state index contributed by atoms with van der Waals surface area (Å²) >= 11 is 0. The predicted octanol–water partition coefficient (Wildman–Crippen LogP) is -1.27. The molecule has 0 saturated heterocycles. The number of hydrogen-bond donors (Lipinski definition) is 3. The Morgan fingerprint density at radius 3 is 2.17 bits per heavy atom. The highest BCUT2D eigenvalue weighted by atomic mass is 16.3. The fourth-order valence-electron chi connectivity index (χ4n) is 1.22. The zero-order valence-electron chi connectivity index (χ0n) is 6.77. The molecule has 5 N–H and O–H groups in total. The van der Waals surface area contributed by atoms with Gasteiger partial charge in [-0.1, -0.05) is 0 Å². The SMILES string of the molecule is NC(=O)C1CCC(O)C1.NC=O. The molecule has 0 aromatic heterocycles. The molecule has 0 aliphatic heterocycles. The average molecular weight is 174 g/mol. The Labute approximate surface area is 70.7 Å². The van der Waals surface area contributed by atoms with E-state index >= 15 is 0 Å². The Hall–Kier alpha value is -1.10. The molecule has 0 heterocycles. The van der Waals surface area contributed by atoms with Crippen molar-refractivity contribution < 1.29 is 14.7 Å². The smallest absolute Gasteiger partial charge is 0.220 e. The third-order valence-corrected chi connectivity index (χ3v) is 1.81. The molecule has 2 atom stereocenters. The third kappa shape index (κ3) is 3.92. The van der Waals surface area contributed by atoms with Gasteiger partial charge in [0, 0.05) is 5.92 Å². The van der Waals surface area contributed by atoms with Crippen LogP contribution in [0, 0.1) is 5.92 Å². The summed E-state index contributed by atoms with van der Waals surface area (Å²) in [4.78, 5) is 19.0. The first-order chi connectivity index (χ1) is 5.61. The minimum Gasteiger partial charge on any atom is -0.393 e. The van der Waals surface area contributed by atoms with Gasteiger partial charge in [-0.2, -0.15) is 0 Å². The molecular weight excluding hydrogens is 160 g/mol. The van der Waals surface area contributed by atoms with Crippen LogP contribution in [0.2, 0.25) is 0 Å². The Balaban J connectivity index is 0.000000354. The number of amides is 2. The lowest BCUT2D eigenvalue weighted by molar-refractivity contribution is -0.121. The summed E-state index contributed by atoms with van der Waals surface area (Å²) in [5.74, 6) is -0.341.